The number of hydrogen-bond acceptors (Lipinski definition) is 3. The molecule has 17 heavy (non-hydrogen) atoms. The van der Waals surface area contributed by atoms with E-state index in [1.54, 1.807) is 0 Å². The van der Waals surface area contributed by atoms with Gasteiger partial charge in [-0.2, -0.15) is 0 Å². The molecule has 1 aliphatic rings. The number of ether oxygens (including phenoxy) is 1. The van der Waals surface area contributed by atoms with E-state index < -0.39 is 5.54 Å². The number of hydrogen-bond donors (Lipinski definition) is 1. The third-order valence-corrected chi connectivity index (χ3v) is 4.26. The summed E-state index contributed by atoms with van der Waals surface area (Å²) in [6.07, 6.45) is 0.723. The van der Waals surface area contributed by atoms with Gasteiger partial charge in [0, 0.05) is 31.5 Å². The summed E-state index contributed by atoms with van der Waals surface area (Å²) in [4.78, 5) is 14.2. The predicted molar refractivity (Wildman–Crippen MR) is 68.7 cm³/mol. The molecule has 0 radical (unpaired) electrons. The molecule has 0 aromatic carbocycles. The van der Waals surface area contributed by atoms with Crippen LogP contribution in [-0.4, -0.2) is 42.1 Å². The molecule has 4 heteroatoms. The van der Waals surface area contributed by atoms with E-state index in [2.05, 4.69) is 0 Å². The molecule has 0 heterocycles. The van der Waals surface area contributed by atoms with Crippen LogP contribution in [0.2, 0.25) is 0 Å². The van der Waals surface area contributed by atoms with Crippen LogP contribution >= 0.6 is 0 Å². The minimum absolute atomic E-state index is 0.0588. The summed E-state index contributed by atoms with van der Waals surface area (Å²) in [7, 11) is 0. The van der Waals surface area contributed by atoms with Crippen molar-refractivity contribution in [2.24, 2.45) is 11.1 Å². The van der Waals surface area contributed by atoms with Gasteiger partial charge in [-0.3, -0.25) is 4.79 Å². The fraction of sp³-hybridized carbons (Fsp3) is 0.923. The van der Waals surface area contributed by atoms with Gasteiger partial charge in [0.15, 0.2) is 0 Å². The second kappa shape index (κ2) is 4.94. The summed E-state index contributed by atoms with van der Waals surface area (Å²) in [5.41, 5.74) is 5.27. The normalized spacial score (nSPS) is 30.8. The summed E-state index contributed by atoms with van der Waals surface area (Å²) in [6.45, 7) is 12.1. The Morgan fingerprint density at radius 1 is 1.35 bits per heavy atom. The Bertz CT molecular complexity index is 287. The van der Waals surface area contributed by atoms with Gasteiger partial charge >= 0.3 is 0 Å². The topological polar surface area (TPSA) is 55.6 Å². The fourth-order valence-electron chi connectivity index (χ4n) is 2.59. The number of carbonyl (C=O) groups excluding carboxylic acids is 1. The Labute approximate surface area is 104 Å². The molecular weight excluding hydrogens is 216 g/mol. The molecule has 2 N–H and O–H groups in total. The Morgan fingerprint density at radius 2 is 1.88 bits per heavy atom. The van der Waals surface area contributed by atoms with Gasteiger partial charge in [0.1, 0.15) is 5.54 Å². The second-order valence-electron chi connectivity index (χ2n) is 5.32. The summed E-state index contributed by atoms with van der Waals surface area (Å²) in [5.74, 6) is 0.0588. The lowest BCUT2D eigenvalue weighted by Crippen LogP contribution is -2.76. The maximum absolute atomic E-state index is 12.4. The average molecular weight is 242 g/mol. The van der Waals surface area contributed by atoms with Gasteiger partial charge in [-0.25, -0.2) is 0 Å². The predicted octanol–water partition coefficient (Wildman–Crippen LogP) is 1.39. The van der Waals surface area contributed by atoms with Crippen LogP contribution in [0.4, 0.5) is 0 Å². The summed E-state index contributed by atoms with van der Waals surface area (Å²) in [5, 5.41) is 0. The molecule has 4 nitrogen and oxygen atoms in total. The number of nitrogens with zero attached hydrogens (tertiary/aromatic N) is 1. The molecule has 0 spiro atoms. The monoisotopic (exact) mass is 242 g/mol. The highest BCUT2D eigenvalue weighted by Crippen LogP contribution is 2.50. The van der Waals surface area contributed by atoms with Crippen LogP contribution in [0.1, 0.15) is 41.0 Å². The third-order valence-electron chi connectivity index (χ3n) is 4.26. The molecule has 1 fully saturated rings. The number of amides is 1. The molecule has 2 unspecified atom stereocenters. The smallest absolute Gasteiger partial charge is 0.243 e. The van der Waals surface area contributed by atoms with Gasteiger partial charge in [0.25, 0.3) is 0 Å². The standard InChI is InChI=1S/C13H26N2O2/c1-6-15(7-2)11(16)13(14)9-10(17-8-3)12(13,4)5/h10H,6-9,14H2,1-5H3. The van der Waals surface area contributed by atoms with Gasteiger partial charge in [-0.05, 0) is 20.8 Å². The zero-order valence-corrected chi connectivity index (χ0v) is 11.7. The number of nitrogens with two attached hydrogens (primary N) is 1. The number of carbonyl (C=O) groups is 1. The Kier molecular flexibility index (Phi) is 4.20. The summed E-state index contributed by atoms with van der Waals surface area (Å²) in [6, 6.07) is 0. The van der Waals surface area contributed by atoms with Crippen molar-refractivity contribution in [2.45, 2.75) is 52.7 Å². The Morgan fingerprint density at radius 3 is 2.24 bits per heavy atom. The Balaban J connectivity index is 2.81. The lowest BCUT2D eigenvalue weighted by molar-refractivity contribution is -0.179. The summed E-state index contributed by atoms with van der Waals surface area (Å²) >= 11 is 0. The Hall–Kier alpha value is -0.610. The fourth-order valence-corrected chi connectivity index (χ4v) is 2.59. The molecule has 0 aliphatic heterocycles. The minimum atomic E-state index is -0.765. The third kappa shape index (κ3) is 2.08. The molecule has 2 atom stereocenters. The SMILES string of the molecule is CCOC1CC(N)(C(=O)N(CC)CC)C1(C)C. The van der Waals surface area contributed by atoms with Crippen LogP contribution in [0.25, 0.3) is 0 Å². The van der Waals surface area contributed by atoms with Crippen LogP contribution < -0.4 is 5.73 Å². The van der Waals surface area contributed by atoms with Crippen LogP contribution in [0.15, 0.2) is 0 Å². The van der Waals surface area contributed by atoms with Crippen molar-refractivity contribution in [1.29, 1.82) is 0 Å². The lowest BCUT2D eigenvalue weighted by atomic mass is 9.54. The van der Waals surface area contributed by atoms with E-state index in [0.29, 0.717) is 26.1 Å². The maximum atomic E-state index is 12.4. The zero-order chi connectivity index (χ0) is 13.3. The highest BCUT2D eigenvalue weighted by atomic mass is 16.5. The lowest BCUT2D eigenvalue weighted by Gasteiger charge is -2.58. The van der Waals surface area contributed by atoms with Gasteiger partial charge < -0.3 is 15.4 Å². The van der Waals surface area contributed by atoms with Crippen LogP contribution in [0, 0.1) is 5.41 Å². The molecule has 1 saturated carbocycles. The van der Waals surface area contributed by atoms with Crippen LogP contribution in [-0.2, 0) is 9.53 Å². The molecule has 0 aromatic rings. The van der Waals surface area contributed by atoms with E-state index in [1.165, 1.54) is 0 Å². The molecule has 1 aliphatic carbocycles. The van der Waals surface area contributed by atoms with E-state index in [0.717, 1.165) is 0 Å². The van der Waals surface area contributed by atoms with Gasteiger partial charge in [0.05, 0.1) is 6.10 Å². The van der Waals surface area contributed by atoms with E-state index in [1.807, 2.05) is 39.5 Å². The molecule has 0 aromatic heterocycles. The number of likely N-dealkylation sites (N-methyl/N-ethyl adjacent to an activating group) is 1. The molecule has 100 valence electrons. The van der Waals surface area contributed by atoms with Crippen molar-refractivity contribution < 1.29 is 9.53 Å². The van der Waals surface area contributed by atoms with E-state index in [9.17, 15) is 4.79 Å². The van der Waals surface area contributed by atoms with Crippen molar-refractivity contribution in [2.75, 3.05) is 19.7 Å². The highest BCUT2D eigenvalue weighted by molar-refractivity contribution is 5.88. The highest BCUT2D eigenvalue weighted by Gasteiger charge is 2.63. The van der Waals surface area contributed by atoms with Crippen molar-refractivity contribution in [1.82, 2.24) is 4.90 Å². The van der Waals surface area contributed by atoms with Crippen molar-refractivity contribution >= 4 is 5.91 Å². The molecule has 0 bridgehead atoms. The first-order chi connectivity index (χ1) is 7.85. The van der Waals surface area contributed by atoms with E-state index >= 15 is 0 Å². The molecule has 1 rings (SSSR count). The van der Waals surface area contributed by atoms with Gasteiger partial charge in [0.2, 0.25) is 5.91 Å². The molecule has 0 saturated heterocycles. The maximum Gasteiger partial charge on any atom is 0.243 e. The van der Waals surface area contributed by atoms with Crippen molar-refractivity contribution in [3.63, 3.8) is 0 Å². The quantitative estimate of drug-likeness (QED) is 0.792. The van der Waals surface area contributed by atoms with Crippen LogP contribution in [0.3, 0.4) is 0 Å². The summed E-state index contributed by atoms with van der Waals surface area (Å²) < 4.78 is 5.63. The van der Waals surface area contributed by atoms with E-state index in [-0.39, 0.29) is 17.4 Å². The first kappa shape index (κ1) is 14.5. The van der Waals surface area contributed by atoms with Gasteiger partial charge in [-0.15, -0.1) is 0 Å². The minimum Gasteiger partial charge on any atom is -0.378 e. The average Bonchev–Trinajstić information content (AvgIpc) is 2.29. The zero-order valence-electron chi connectivity index (χ0n) is 11.7. The van der Waals surface area contributed by atoms with Crippen LogP contribution in [0.5, 0.6) is 0 Å². The first-order valence-corrected chi connectivity index (χ1v) is 6.55. The van der Waals surface area contributed by atoms with Gasteiger partial charge in [-0.1, -0.05) is 13.8 Å². The largest absolute Gasteiger partial charge is 0.378 e. The second-order valence-corrected chi connectivity index (χ2v) is 5.32. The van der Waals surface area contributed by atoms with Crippen molar-refractivity contribution in [3.05, 3.63) is 0 Å². The first-order valence-electron chi connectivity index (χ1n) is 6.55. The van der Waals surface area contributed by atoms with E-state index in [4.69, 9.17) is 10.5 Å². The number of rotatable bonds is 5. The molecule has 1 amide bonds. The molecular formula is C13H26N2O2. The van der Waals surface area contributed by atoms with Crippen molar-refractivity contribution in [3.8, 4) is 0 Å².